The van der Waals surface area contributed by atoms with Crippen molar-refractivity contribution in [2.24, 2.45) is 5.92 Å². The topological polar surface area (TPSA) is 26.5 Å². The second kappa shape index (κ2) is 6.72. The fraction of sp³-hybridized carbons (Fsp3) is 1.00. The van der Waals surface area contributed by atoms with Crippen molar-refractivity contribution < 1.29 is 5.11 Å². The molecule has 0 aromatic heterocycles. The second-order valence-corrected chi connectivity index (χ2v) is 6.23. The molecule has 1 saturated heterocycles. The first kappa shape index (κ1) is 14.9. The minimum atomic E-state index is 0.269. The molecule has 17 heavy (non-hydrogen) atoms. The molecule has 1 heterocycles. The van der Waals surface area contributed by atoms with Crippen LogP contribution in [-0.4, -0.2) is 60.3 Å². The Balaban J connectivity index is 2.10. The van der Waals surface area contributed by atoms with E-state index in [0.717, 1.165) is 19.0 Å². The smallest absolute Gasteiger partial charge is 0.0558 e. The Bertz CT molecular complexity index is 220. The average molecular weight is 242 g/mol. The van der Waals surface area contributed by atoms with Gasteiger partial charge >= 0.3 is 0 Å². The summed E-state index contributed by atoms with van der Waals surface area (Å²) < 4.78 is 0. The highest BCUT2D eigenvalue weighted by atomic mass is 16.3. The molecule has 1 aliphatic rings. The van der Waals surface area contributed by atoms with Crippen LogP contribution in [0.25, 0.3) is 0 Å². The van der Waals surface area contributed by atoms with Gasteiger partial charge in [-0.2, -0.15) is 0 Å². The van der Waals surface area contributed by atoms with Gasteiger partial charge in [0.15, 0.2) is 0 Å². The van der Waals surface area contributed by atoms with E-state index >= 15 is 0 Å². The first-order chi connectivity index (χ1) is 7.98. The van der Waals surface area contributed by atoms with Crippen LogP contribution >= 0.6 is 0 Å². The average Bonchev–Trinajstić information content (AvgIpc) is 2.88. The lowest BCUT2D eigenvalue weighted by atomic mass is 10.1. The van der Waals surface area contributed by atoms with Gasteiger partial charge in [0.2, 0.25) is 0 Å². The number of aliphatic hydroxyl groups excluding tert-OH is 1. The largest absolute Gasteiger partial charge is 0.395 e. The molecule has 0 aromatic rings. The normalized spacial score (nSPS) is 28.1. The Morgan fingerprint density at radius 2 is 2.06 bits per heavy atom. The molecule has 1 fully saturated rings. The van der Waals surface area contributed by atoms with Crippen molar-refractivity contribution in [3.05, 3.63) is 0 Å². The first-order valence-corrected chi connectivity index (χ1v) is 7.02. The molecule has 0 aliphatic carbocycles. The van der Waals surface area contributed by atoms with Crippen molar-refractivity contribution in [1.29, 1.82) is 0 Å². The molecule has 0 bridgehead atoms. The van der Waals surface area contributed by atoms with Crippen LogP contribution in [0.2, 0.25) is 0 Å². The highest BCUT2D eigenvalue weighted by Gasteiger charge is 2.46. The Hall–Kier alpha value is -0.120. The van der Waals surface area contributed by atoms with E-state index in [1.807, 2.05) is 0 Å². The van der Waals surface area contributed by atoms with E-state index in [2.05, 4.69) is 37.6 Å². The van der Waals surface area contributed by atoms with Gasteiger partial charge in [-0.3, -0.25) is 4.90 Å². The molecule has 1 aliphatic heterocycles. The van der Waals surface area contributed by atoms with Crippen LogP contribution < -0.4 is 0 Å². The third kappa shape index (κ3) is 5.36. The fourth-order valence-electron chi connectivity index (χ4n) is 2.37. The van der Waals surface area contributed by atoms with Crippen molar-refractivity contribution in [3.8, 4) is 0 Å². The highest BCUT2D eigenvalue weighted by Crippen LogP contribution is 2.35. The molecule has 0 aromatic carbocycles. The zero-order valence-corrected chi connectivity index (χ0v) is 12.1. The number of likely N-dealkylation sites (N-methyl/N-ethyl adjacent to an activating group) is 1. The zero-order valence-electron chi connectivity index (χ0n) is 12.1. The first-order valence-electron chi connectivity index (χ1n) is 7.02. The van der Waals surface area contributed by atoms with E-state index in [1.54, 1.807) is 0 Å². The van der Waals surface area contributed by atoms with Crippen LogP contribution in [-0.2, 0) is 0 Å². The molecule has 3 nitrogen and oxygen atoms in total. The van der Waals surface area contributed by atoms with Crippen molar-refractivity contribution in [2.45, 2.75) is 45.6 Å². The van der Waals surface area contributed by atoms with E-state index in [1.165, 1.54) is 32.4 Å². The lowest BCUT2D eigenvalue weighted by molar-refractivity contribution is 0.212. The molecule has 0 amide bonds. The second-order valence-electron chi connectivity index (χ2n) is 6.23. The number of nitrogens with zero attached hydrogens (tertiary/aromatic N) is 2. The van der Waals surface area contributed by atoms with Gasteiger partial charge in [0.25, 0.3) is 0 Å². The molecule has 1 N–H and O–H groups in total. The van der Waals surface area contributed by atoms with Gasteiger partial charge in [-0.25, -0.2) is 0 Å². The summed E-state index contributed by atoms with van der Waals surface area (Å²) in [5.74, 6) is 0.830. The quantitative estimate of drug-likeness (QED) is 0.625. The van der Waals surface area contributed by atoms with Gasteiger partial charge in [0.1, 0.15) is 0 Å². The lowest BCUT2D eigenvalue weighted by Crippen LogP contribution is -2.28. The van der Waals surface area contributed by atoms with Gasteiger partial charge in [-0.15, -0.1) is 0 Å². The summed E-state index contributed by atoms with van der Waals surface area (Å²) in [6.07, 6.45) is 3.90. The number of hydrogen-bond donors (Lipinski definition) is 1. The monoisotopic (exact) mass is 242 g/mol. The van der Waals surface area contributed by atoms with Crippen molar-refractivity contribution in [1.82, 2.24) is 9.80 Å². The summed E-state index contributed by atoms with van der Waals surface area (Å²) in [5, 5.41) is 8.85. The van der Waals surface area contributed by atoms with E-state index in [-0.39, 0.29) is 6.61 Å². The molecule has 0 saturated carbocycles. The molecular weight excluding hydrogens is 212 g/mol. The summed E-state index contributed by atoms with van der Waals surface area (Å²) in [4.78, 5) is 4.82. The van der Waals surface area contributed by atoms with Gasteiger partial charge < -0.3 is 10.0 Å². The third-order valence-electron chi connectivity index (χ3n) is 3.91. The molecular formula is C14H30N2O. The lowest BCUT2D eigenvalue weighted by Gasteiger charge is -2.19. The Morgan fingerprint density at radius 1 is 1.35 bits per heavy atom. The van der Waals surface area contributed by atoms with E-state index in [9.17, 15) is 0 Å². The summed E-state index contributed by atoms with van der Waals surface area (Å²) in [6.45, 7) is 11.6. The van der Waals surface area contributed by atoms with Gasteiger partial charge in [0.05, 0.1) is 6.61 Å². The van der Waals surface area contributed by atoms with Crippen LogP contribution in [0.1, 0.15) is 40.0 Å². The molecule has 2 atom stereocenters. The van der Waals surface area contributed by atoms with Crippen LogP contribution in [0.15, 0.2) is 0 Å². The van der Waals surface area contributed by atoms with Gasteiger partial charge in [0, 0.05) is 18.6 Å². The number of aliphatic hydroxyl groups is 1. The number of rotatable bonds is 9. The Labute approximate surface area is 107 Å². The third-order valence-corrected chi connectivity index (χ3v) is 3.91. The molecule has 0 radical (unpaired) electrons. The van der Waals surface area contributed by atoms with Gasteiger partial charge in [-0.1, -0.05) is 13.8 Å². The number of hydrogen-bond acceptors (Lipinski definition) is 3. The van der Waals surface area contributed by atoms with Crippen LogP contribution in [0.3, 0.4) is 0 Å². The molecule has 1 rings (SSSR count). The highest BCUT2D eigenvalue weighted by molar-refractivity contribution is 5.03. The maximum absolute atomic E-state index is 8.85. The Kier molecular flexibility index (Phi) is 5.90. The van der Waals surface area contributed by atoms with Crippen molar-refractivity contribution in [3.63, 3.8) is 0 Å². The van der Waals surface area contributed by atoms with Crippen molar-refractivity contribution >= 4 is 0 Å². The summed E-state index contributed by atoms with van der Waals surface area (Å²) in [6, 6.07) is 0. The molecule has 0 spiro atoms. The zero-order chi connectivity index (χ0) is 12.9. The van der Waals surface area contributed by atoms with E-state index in [4.69, 9.17) is 5.11 Å². The molecule has 102 valence electrons. The minimum Gasteiger partial charge on any atom is -0.395 e. The standard InChI is InChI=1S/C14H30N2O/c1-13(2)6-5-8-16-12-14(16,3)7-9-15(4)10-11-17/h13,17H,5-12H2,1-4H3. The van der Waals surface area contributed by atoms with Gasteiger partial charge in [-0.05, 0) is 52.2 Å². The maximum Gasteiger partial charge on any atom is 0.0558 e. The molecule has 2 unspecified atom stereocenters. The van der Waals surface area contributed by atoms with Crippen LogP contribution in [0.4, 0.5) is 0 Å². The van der Waals surface area contributed by atoms with Crippen LogP contribution in [0, 0.1) is 5.92 Å². The van der Waals surface area contributed by atoms with E-state index < -0.39 is 0 Å². The Morgan fingerprint density at radius 3 is 2.65 bits per heavy atom. The molecule has 3 heteroatoms. The predicted octanol–water partition coefficient (Wildman–Crippen LogP) is 1.81. The summed E-state index contributed by atoms with van der Waals surface area (Å²) in [5.41, 5.74) is 0.445. The van der Waals surface area contributed by atoms with E-state index in [0.29, 0.717) is 5.54 Å². The SMILES string of the molecule is CC(C)CCCN1CC1(C)CCN(C)CCO. The van der Waals surface area contributed by atoms with Crippen molar-refractivity contribution in [2.75, 3.05) is 39.8 Å². The fourth-order valence-corrected chi connectivity index (χ4v) is 2.37. The summed E-state index contributed by atoms with van der Waals surface area (Å²) >= 11 is 0. The minimum absolute atomic E-state index is 0.269. The maximum atomic E-state index is 8.85. The van der Waals surface area contributed by atoms with Crippen LogP contribution in [0.5, 0.6) is 0 Å². The summed E-state index contributed by atoms with van der Waals surface area (Å²) in [7, 11) is 2.09. The predicted molar refractivity (Wildman–Crippen MR) is 73.2 cm³/mol.